The normalized spacial score (nSPS) is 22.8. The predicted molar refractivity (Wildman–Crippen MR) is 80.2 cm³/mol. The number of halogens is 1. The summed E-state index contributed by atoms with van der Waals surface area (Å²) in [6.07, 6.45) is 2.11. The predicted octanol–water partition coefficient (Wildman–Crippen LogP) is 1.41. The van der Waals surface area contributed by atoms with Crippen LogP contribution in [0.15, 0.2) is 18.3 Å². The molecule has 1 aromatic heterocycles. The Morgan fingerprint density at radius 3 is 2.91 bits per heavy atom. The Labute approximate surface area is 129 Å². The van der Waals surface area contributed by atoms with E-state index in [2.05, 4.69) is 15.2 Å². The van der Waals surface area contributed by atoms with Crippen LogP contribution in [0.5, 0.6) is 0 Å². The maximum atomic E-state index is 12.8. The molecule has 120 valence electrons. The third kappa shape index (κ3) is 3.92. The fourth-order valence-corrected chi connectivity index (χ4v) is 2.95. The number of ether oxygens (including phenoxy) is 1. The number of pyridine rings is 1. The number of urea groups is 1. The van der Waals surface area contributed by atoms with Crippen LogP contribution in [0.25, 0.3) is 0 Å². The summed E-state index contributed by atoms with van der Waals surface area (Å²) in [5, 5.41) is 2.71. The Balaban J connectivity index is 1.47. The van der Waals surface area contributed by atoms with Crippen molar-refractivity contribution in [2.75, 3.05) is 51.3 Å². The Morgan fingerprint density at radius 1 is 1.36 bits per heavy atom. The van der Waals surface area contributed by atoms with E-state index in [4.69, 9.17) is 4.74 Å². The molecule has 0 aliphatic carbocycles. The van der Waals surface area contributed by atoms with E-state index in [0.29, 0.717) is 11.7 Å². The molecule has 2 amide bonds. The molecular formula is C15H21FN4O2. The maximum Gasteiger partial charge on any atom is 0.323 e. The molecule has 6 nitrogen and oxygen atoms in total. The van der Waals surface area contributed by atoms with Crippen molar-refractivity contribution < 1.29 is 13.9 Å². The van der Waals surface area contributed by atoms with E-state index in [9.17, 15) is 9.18 Å². The summed E-state index contributed by atoms with van der Waals surface area (Å²) in [7, 11) is 0. The zero-order valence-electron chi connectivity index (χ0n) is 12.5. The van der Waals surface area contributed by atoms with Gasteiger partial charge in [0.15, 0.2) is 0 Å². The van der Waals surface area contributed by atoms with E-state index in [0.717, 1.165) is 58.6 Å². The topological polar surface area (TPSA) is 57.7 Å². The quantitative estimate of drug-likeness (QED) is 0.917. The van der Waals surface area contributed by atoms with Gasteiger partial charge in [-0.2, -0.15) is 0 Å². The molecule has 1 aromatic rings. The molecule has 7 heteroatoms. The molecular weight excluding hydrogens is 287 g/mol. The minimum Gasteiger partial charge on any atom is -0.379 e. The van der Waals surface area contributed by atoms with Crippen molar-refractivity contribution in [3.05, 3.63) is 24.1 Å². The number of carbonyl (C=O) groups excluding carboxylic acids is 1. The molecule has 3 heterocycles. The van der Waals surface area contributed by atoms with E-state index in [1.54, 1.807) is 4.90 Å². The summed E-state index contributed by atoms with van der Waals surface area (Å²) >= 11 is 0. The molecule has 0 saturated carbocycles. The summed E-state index contributed by atoms with van der Waals surface area (Å²) in [5.41, 5.74) is 0. The average Bonchev–Trinajstić information content (AvgIpc) is 2.99. The van der Waals surface area contributed by atoms with Gasteiger partial charge in [-0.25, -0.2) is 14.2 Å². The first-order valence-electron chi connectivity index (χ1n) is 7.68. The lowest BCUT2D eigenvalue weighted by Crippen LogP contribution is -2.40. The van der Waals surface area contributed by atoms with Gasteiger partial charge in [-0.3, -0.25) is 10.2 Å². The van der Waals surface area contributed by atoms with E-state index < -0.39 is 5.82 Å². The van der Waals surface area contributed by atoms with Gasteiger partial charge < -0.3 is 9.64 Å². The zero-order chi connectivity index (χ0) is 15.4. The zero-order valence-corrected chi connectivity index (χ0v) is 12.5. The van der Waals surface area contributed by atoms with Crippen LogP contribution in [0.3, 0.4) is 0 Å². The van der Waals surface area contributed by atoms with Crippen molar-refractivity contribution in [1.29, 1.82) is 0 Å². The van der Waals surface area contributed by atoms with Gasteiger partial charge in [0.1, 0.15) is 11.6 Å². The van der Waals surface area contributed by atoms with Gasteiger partial charge in [-0.15, -0.1) is 0 Å². The molecule has 0 unspecified atom stereocenters. The molecule has 22 heavy (non-hydrogen) atoms. The molecule has 0 radical (unpaired) electrons. The van der Waals surface area contributed by atoms with Crippen molar-refractivity contribution in [2.24, 2.45) is 5.92 Å². The summed E-state index contributed by atoms with van der Waals surface area (Å²) in [6.45, 7) is 6.07. The number of hydrogen-bond acceptors (Lipinski definition) is 4. The van der Waals surface area contributed by atoms with Crippen LogP contribution in [0.1, 0.15) is 6.42 Å². The van der Waals surface area contributed by atoms with E-state index in [1.807, 2.05) is 0 Å². The van der Waals surface area contributed by atoms with Crippen LogP contribution in [0.4, 0.5) is 15.0 Å². The SMILES string of the molecule is O=C(Nc1ccc(F)cn1)N1CC[C@@H](CN2CCOCC2)C1. The van der Waals surface area contributed by atoms with Gasteiger partial charge in [0.05, 0.1) is 19.4 Å². The second-order valence-electron chi connectivity index (χ2n) is 5.81. The summed E-state index contributed by atoms with van der Waals surface area (Å²) in [4.78, 5) is 20.2. The van der Waals surface area contributed by atoms with Gasteiger partial charge in [-0.1, -0.05) is 0 Å². The van der Waals surface area contributed by atoms with Crippen LogP contribution in [-0.4, -0.2) is 66.8 Å². The van der Waals surface area contributed by atoms with Gasteiger partial charge in [0, 0.05) is 32.7 Å². The van der Waals surface area contributed by atoms with Gasteiger partial charge in [0.25, 0.3) is 0 Å². The molecule has 2 saturated heterocycles. The Hall–Kier alpha value is -1.73. The average molecular weight is 308 g/mol. The molecule has 0 aromatic carbocycles. The van der Waals surface area contributed by atoms with Gasteiger partial charge >= 0.3 is 6.03 Å². The molecule has 3 rings (SSSR count). The Bertz CT molecular complexity index is 505. The Morgan fingerprint density at radius 2 is 2.18 bits per heavy atom. The fraction of sp³-hybridized carbons (Fsp3) is 0.600. The highest BCUT2D eigenvalue weighted by atomic mass is 19.1. The number of nitrogens with one attached hydrogen (secondary N) is 1. The molecule has 1 N–H and O–H groups in total. The fourth-order valence-electron chi connectivity index (χ4n) is 2.95. The second-order valence-corrected chi connectivity index (χ2v) is 5.81. The van der Waals surface area contributed by atoms with Crippen molar-refractivity contribution in [1.82, 2.24) is 14.8 Å². The van der Waals surface area contributed by atoms with Crippen molar-refractivity contribution in [3.8, 4) is 0 Å². The molecule has 2 aliphatic heterocycles. The smallest absolute Gasteiger partial charge is 0.323 e. The number of aromatic nitrogens is 1. The number of amides is 2. The van der Waals surface area contributed by atoms with Crippen molar-refractivity contribution in [2.45, 2.75) is 6.42 Å². The van der Waals surface area contributed by atoms with Crippen LogP contribution in [-0.2, 0) is 4.74 Å². The molecule has 0 bridgehead atoms. The summed E-state index contributed by atoms with van der Waals surface area (Å²) < 4.78 is 18.1. The van der Waals surface area contributed by atoms with Gasteiger partial charge in [0.2, 0.25) is 0 Å². The number of rotatable bonds is 3. The third-order valence-electron chi connectivity index (χ3n) is 4.16. The lowest BCUT2D eigenvalue weighted by atomic mass is 10.1. The first-order chi connectivity index (χ1) is 10.7. The van der Waals surface area contributed by atoms with Crippen LogP contribution >= 0.6 is 0 Å². The summed E-state index contributed by atoms with van der Waals surface area (Å²) in [5.74, 6) is 0.470. The lowest BCUT2D eigenvalue weighted by Gasteiger charge is -2.29. The van der Waals surface area contributed by atoms with E-state index in [1.165, 1.54) is 12.1 Å². The molecule has 1 atom stereocenters. The monoisotopic (exact) mass is 308 g/mol. The molecule has 2 fully saturated rings. The first-order valence-corrected chi connectivity index (χ1v) is 7.68. The van der Waals surface area contributed by atoms with Gasteiger partial charge in [-0.05, 0) is 24.5 Å². The number of anilines is 1. The van der Waals surface area contributed by atoms with Crippen molar-refractivity contribution >= 4 is 11.8 Å². The molecule has 0 spiro atoms. The number of carbonyl (C=O) groups is 1. The molecule has 2 aliphatic rings. The van der Waals surface area contributed by atoms with Crippen LogP contribution < -0.4 is 5.32 Å². The second kappa shape index (κ2) is 7.02. The number of likely N-dealkylation sites (tertiary alicyclic amines) is 1. The first kappa shape index (κ1) is 15.2. The summed E-state index contributed by atoms with van der Waals surface area (Å²) in [6, 6.07) is 2.59. The standard InChI is InChI=1S/C15H21FN4O2/c16-13-1-2-14(17-9-13)18-15(21)20-4-3-12(11-20)10-19-5-7-22-8-6-19/h1-2,9,12H,3-8,10-11H2,(H,17,18,21)/t12-/m0/s1. The lowest BCUT2D eigenvalue weighted by molar-refractivity contribution is 0.0314. The highest BCUT2D eigenvalue weighted by Gasteiger charge is 2.28. The minimum atomic E-state index is -0.412. The van der Waals surface area contributed by atoms with E-state index in [-0.39, 0.29) is 6.03 Å². The minimum absolute atomic E-state index is 0.163. The van der Waals surface area contributed by atoms with Crippen LogP contribution in [0, 0.1) is 11.7 Å². The Kier molecular flexibility index (Phi) is 4.84. The number of hydrogen-bond donors (Lipinski definition) is 1. The largest absolute Gasteiger partial charge is 0.379 e. The number of nitrogens with zero attached hydrogens (tertiary/aromatic N) is 3. The van der Waals surface area contributed by atoms with E-state index >= 15 is 0 Å². The number of morpholine rings is 1. The van der Waals surface area contributed by atoms with Crippen molar-refractivity contribution in [3.63, 3.8) is 0 Å². The third-order valence-corrected chi connectivity index (χ3v) is 4.16. The highest BCUT2D eigenvalue weighted by molar-refractivity contribution is 5.88. The van der Waals surface area contributed by atoms with Crippen LogP contribution in [0.2, 0.25) is 0 Å². The maximum absolute atomic E-state index is 12.8. The highest BCUT2D eigenvalue weighted by Crippen LogP contribution is 2.19.